The number of fused-ring (bicyclic) bond motifs is 3. The van der Waals surface area contributed by atoms with Gasteiger partial charge in [0.2, 0.25) is 0 Å². The molecule has 2 aromatic heterocycles. The molecule has 0 unspecified atom stereocenters. The molecule has 0 spiro atoms. The zero-order chi connectivity index (χ0) is 18.3. The van der Waals surface area contributed by atoms with Crippen LogP contribution in [0.25, 0.3) is 11.3 Å². The van der Waals surface area contributed by atoms with E-state index < -0.39 is 0 Å². The number of aromatic nitrogens is 3. The van der Waals surface area contributed by atoms with E-state index in [4.69, 9.17) is 0 Å². The smallest absolute Gasteiger partial charge is 0.251 e. The second kappa shape index (κ2) is 7.14. The van der Waals surface area contributed by atoms with E-state index in [1.165, 1.54) is 34.7 Å². The van der Waals surface area contributed by atoms with E-state index in [-0.39, 0.29) is 11.8 Å². The number of thiazole rings is 1. The molecule has 1 amide bonds. The zero-order valence-corrected chi connectivity index (χ0v) is 16.8. The summed E-state index contributed by atoms with van der Waals surface area (Å²) in [6.07, 6.45) is 8.39. The largest absolute Gasteiger partial charge is 0.316 e. The quantitative estimate of drug-likeness (QED) is 0.819. The van der Waals surface area contributed by atoms with Gasteiger partial charge >= 0.3 is 0 Å². The zero-order valence-electron chi connectivity index (χ0n) is 16.0. The van der Waals surface area contributed by atoms with Crippen LogP contribution in [0.1, 0.15) is 57.0 Å². The SMILES string of the molecule is CCn1c2c(sc1=NC(=O)C1CCCC1)CCc1c-2cnn1CC(C)C. The molecule has 26 heavy (non-hydrogen) atoms. The first kappa shape index (κ1) is 17.7. The monoisotopic (exact) mass is 372 g/mol. The number of carbonyl (C=O) groups is 1. The summed E-state index contributed by atoms with van der Waals surface area (Å²) in [7, 11) is 0. The number of aryl methyl sites for hydroxylation is 1. The Balaban J connectivity index is 1.76. The summed E-state index contributed by atoms with van der Waals surface area (Å²) >= 11 is 1.70. The first-order chi connectivity index (χ1) is 12.6. The standard InChI is InChI=1S/C20H28N4OS/c1-4-23-18-15-11-21-24(12-13(2)3)16(15)9-10-17(18)26-20(23)22-19(25)14-7-5-6-8-14/h11,13-14H,4-10,12H2,1-3H3. The van der Waals surface area contributed by atoms with Crippen LogP contribution in [0.4, 0.5) is 0 Å². The van der Waals surface area contributed by atoms with Crippen molar-refractivity contribution in [1.82, 2.24) is 14.3 Å². The highest BCUT2D eigenvalue weighted by Crippen LogP contribution is 2.35. The van der Waals surface area contributed by atoms with Crippen molar-refractivity contribution in [2.75, 3.05) is 0 Å². The van der Waals surface area contributed by atoms with Gasteiger partial charge in [-0.3, -0.25) is 9.48 Å². The maximum Gasteiger partial charge on any atom is 0.251 e. The molecule has 2 heterocycles. The number of carbonyl (C=O) groups excluding carboxylic acids is 1. The highest BCUT2D eigenvalue weighted by atomic mass is 32.1. The highest BCUT2D eigenvalue weighted by Gasteiger charge is 2.27. The number of hydrogen-bond acceptors (Lipinski definition) is 3. The van der Waals surface area contributed by atoms with Gasteiger partial charge in [0.15, 0.2) is 4.80 Å². The van der Waals surface area contributed by atoms with Crippen LogP contribution in [0.2, 0.25) is 0 Å². The minimum absolute atomic E-state index is 0.0824. The summed E-state index contributed by atoms with van der Waals surface area (Å²) in [6, 6.07) is 0. The molecule has 2 aromatic rings. The molecule has 0 radical (unpaired) electrons. The summed E-state index contributed by atoms with van der Waals surface area (Å²) < 4.78 is 4.40. The van der Waals surface area contributed by atoms with Crippen LogP contribution in [-0.2, 0) is 30.7 Å². The van der Waals surface area contributed by atoms with E-state index in [0.717, 1.165) is 43.6 Å². The maximum absolute atomic E-state index is 12.6. The molecule has 140 valence electrons. The van der Waals surface area contributed by atoms with E-state index in [1.807, 2.05) is 6.20 Å². The third-order valence-corrected chi connectivity index (χ3v) is 6.67. The molecule has 5 nitrogen and oxygen atoms in total. The predicted molar refractivity (Wildman–Crippen MR) is 104 cm³/mol. The molecule has 0 N–H and O–H groups in total. The van der Waals surface area contributed by atoms with E-state index in [9.17, 15) is 4.79 Å². The molecule has 0 atom stereocenters. The van der Waals surface area contributed by atoms with Crippen molar-refractivity contribution < 1.29 is 4.79 Å². The van der Waals surface area contributed by atoms with Gasteiger partial charge in [-0.1, -0.05) is 26.7 Å². The van der Waals surface area contributed by atoms with Crippen LogP contribution >= 0.6 is 11.3 Å². The Bertz CT molecular complexity index is 880. The van der Waals surface area contributed by atoms with Crippen molar-refractivity contribution in [3.8, 4) is 11.3 Å². The fourth-order valence-electron chi connectivity index (χ4n) is 4.27. The van der Waals surface area contributed by atoms with Crippen molar-refractivity contribution in [1.29, 1.82) is 0 Å². The number of hydrogen-bond donors (Lipinski definition) is 0. The van der Waals surface area contributed by atoms with Gasteiger partial charge in [0.05, 0.1) is 11.9 Å². The molecule has 1 fully saturated rings. The predicted octanol–water partition coefficient (Wildman–Crippen LogP) is 3.81. The summed E-state index contributed by atoms with van der Waals surface area (Å²) in [5, 5.41) is 4.66. The second-order valence-corrected chi connectivity index (χ2v) is 8.98. The van der Waals surface area contributed by atoms with E-state index in [1.54, 1.807) is 11.3 Å². The molecule has 0 saturated heterocycles. The van der Waals surface area contributed by atoms with Crippen LogP contribution < -0.4 is 4.80 Å². The van der Waals surface area contributed by atoms with Crippen LogP contribution in [0.3, 0.4) is 0 Å². The first-order valence-corrected chi connectivity index (χ1v) is 10.8. The lowest BCUT2D eigenvalue weighted by Crippen LogP contribution is -2.20. The first-order valence-electron chi connectivity index (χ1n) is 9.94. The lowest BCUT2D eigenvalue weighted by molar-refractivity contribution is -0.121. The molecule has 2 aliphatic rings. The molecule has 0 aliphatic heterocycles. The Morgan fingerprint density at radius 1 is 1.35 bits per heavy atom. The Kier molecular flexibility index (Phi) is 4.86. The molecule has 2 aliphatic carbocycles. The van der Waals surface area contributed by atoms with Crippen molar-refractivity contribution >= 4 is 17.2 Å². The van der Waals surface area contributed by atoms with Crippen molar-refractivity contribution in [2.24, 2.45) is 16.8 Å². The average Bonchev–Trinajstić information content (AvgIpc) is 3.32. The summed E-state index contributed by atoms with van der Waals surface area (Å²) in [5.41, 5.74) is 3.81. The molecule has 4 rings (SSSR count). The second-order valence-electron chi connectivity index (χ2n) is 7.91. The van der Waals surface area contributed by atoms with E-state index >= 15 is 0 Å². The van der Waals surface area contributed by atoms with Gasteiger partial charge in [-0.05, 0) is 38.5 Å². The highest BCUT2D eigenvalue weighted by molar-refractivity contribution is 7.09. The molecular formula is C20H28N4OS. The van der Waals surface area contributed by atoms with Crippen LogP contribution in [0.15, 0.2) is 11.2 Å². The van der Waals surface area contributed by atoms with Crippen LogP contribution in [-0.4, -0.2) is 20.3 Å². The van der Waals surface area contributed by atoms with Gasteiger partial charge in [-0.25, -0.2) is 0 Å². The summed E-state index contributed by atoms with van der Waals surface area (Å²) in [6.45, 7) is 8.38. The van der Waals surface area contributed by atoms with Gasteiger partial charge in [0, 0.05) is 35.1 Å². The summed E-state index contributed by atoms with van der Waals surface area (Å²) in [5.74, 6) is 0.804. The van der Waals surface area contributed by atoms with Gasteiger partial charge in [-0.2, -0.15) is 10.1 Å². The third kappa shape index (κ3) is 3.08. The Morgan fingerprint density at radius 3 is 2.81 bits per heavy atom. The number of rotatable bonds is 4. The minimum atomic E-state index is 0.0824. The molecule has 0 bridgehead atoms. The normalized spacial score (nSPS) is 17.8. The Labute approximate surface area is 158 Å². The third-order valence-electron chi connectivity index (χ3n) is 5.54. The minimum Gasteiger partial charge on any atom is -0.316 e. The Hall–Kier alpha value is -1.69. The average molecular weight is 373 g/mol. The van der Waals surface area contributed by atoms with Crippen molar-refractivity contribution in [2.45, 2.75) is 72.4 Å². The van der Waals surface area contributed by atoms with Crippen molar-refractivity contribution in [3.05, 3.63) is 21.6 Å². The van der Waals surface area contributed by atoms with Gasteiger partial charge < -0.3 is 4.57 Å². The molecule has 6 heteroatoms. The van der Waals surface area contributed by atoms with Gasteiger partial charge in [0.25, 0.3) is 5.91 Å². The molecular weight excluding hydrogens is 344 g/mol. The summed E-state index contributed by atoms with van der Waals surface area (Å²) in [4.78, 5) is 19.4. The topological polar surface area (TPSA) is 52.2 Å². The number of nitrogens with zero attached hydrogens (tertiary/aromatic N) is 4. The fraction of sp³-hybridized carbons (Fsp3) is 0.650. The number of amides is 1. The lowest BCUT2D eigenvalue weighted by Gasteiger charge is -2.17. The lowest BCUT2D eigenvalue weighted by atomic mass is 9.99. The van der Waals surface area contributed by atoms with Gasteiger partial charge in [-0.15, -0.1) is 11.3 Å². The van der Waals surface area contributed by atoms with Crippen molar-refractivity contribution in [3.63, 3.8) is 0 Å². The van der Waals surface area contributed by atoms with Crippen LogP contribution in [0, 0.1) is 11.8 Å². The van der Waals surface area contributed by atoms with Crippen LogP contribution in [0.5, 0.6) is 0 Å². The Morgan fingerprint density at radius 2 is 2.12 bits per heavy atom. The maximum atomic E-state index is 12.6. The van der Waals surface area contributed by atoms with E-state index in [2.05, 4.69) is 40.1 Å². The fourth-order valence-corrected chi connectivity index (χ4v) is 5.47. The van der Waals surface area contributed by atoms with E-state index in [0.29, 0.717) is 5.92 Å². The molecule has 0 aromatic carbocycles. The molecule has 1 saturated carbocycles. The van der Waals surface area contributed by atoms with Gasteiger partial charge in [0.1, 0.15) is 0 Å².